The van der Waals surface area contributed by atoms with Gasteiger partial charge >= 0.3 is 5.97 Å². The van der Waals surface area contributed by atoms with Crippen molar-refractivity contribution in [3.8, 4) is 11.4 Å². The van der Waals surface area contributed by atoms with Gasteiger partial charge in [0.2, 0.25) is 5.76 Å². The molecular weight excluding hydrogens is 296 g/mol. The molecule has 0 bridgehead atoms. The summed E-state index contributed by atoms with van der Waals surface area (Å²) in [5.74, 6) is 0.476. The standard InChI is InChI=1S/C17H18N2O4/c1-21-11-16(17(20)22-2)23-14-5-3-4-13(10-14)19-9-8-15(18-19)12-6-7-12/h3-5,8-12H,6-7H2,1-2H3/b16-11-. The van der Waals surface area contributed by atoms with Gasteiger partial charge in [-0.25, -0.2) is 9.48 Å². The molecule has 0 atom stereocenters. The Hall–Kier alpha value is -2.76. The van der Waals surface area contributed by atoms with E-state index in [-0.39, 0.29) is 5.76 Å². The van der Waals surface area contributed by atoms with Gasteiger partial charge in [0.25, 0.3) is 0 Å². The highest BCUT2D eigenvalue weighted by atomic mass is 16.6. The zero-order valence-corrected chi connectivity index (χ0v) is 13.1. The minimum Gasteiger partial charge on any atom is -0.500 e. The number of hydrogen-bond donors (Lipinski definition) is 0. The lowest BCUT2D eigenvalue weighted by molar-refractivity contribution is -0.138. The number of hydrogen-bond acceptors (Lipinski definition) is 5. The lowest BCUT2D eigenvalue weighted by Crippen LogP contribution is -2.11. The van der Waals surface area contributed by atoms with Crippen LogP contribution in [-0.4, -0.2) is 30.0 Å². The van der Waals surface area contributed by atoms with E-state index in [1.807, 2.05) is 24.4 Å². The highest BCUT2D eigenvalue weighted by molar-refractivity contribution is 5.86. The molecule has 3 rings (SSSR count). The van der Waals surface area contributed by atoms with E-state index in [1.165, 1.54) is 33.3 Å². The van der Waals surface area contributed by atoms with Crippen molar-refractivity contribution in [2.45, 2.75) is 18.8 Å². The van der Waals surface area contributed by atoms with Gasteiger partial charge in [-0.3, -0.25) is 0 Å². The molecular formula is C17H18N2O4. The highest BCUT2D eigenvalue weighted by Gasteiger charge is 2.25. The predicted molar refractivity (Wildman–Crippen MR) is 83.3 cm³/mol. The maximum atomic E-state index is 11.6. The van der Waals surface area contributed by atoms with E-state index < -0.39 is 5.97 Å². The fourth-order valence-corrected chi connectivity index (χ4v) is 2.22. The molecule has 0 amide bonds. The van der Waals surface area contributed by atoms with E-state index in [9.17, 15) is 4.79 Å². The molecule has 0 spiro atoms. The van der Waals surface area contributed by atoms with Crippen LogP contribution in [-0.2, 0) is 14.3 Å². The molecule has 1 heterocycles. The van der Waals surface area contributed by atoms with Crippen molar-refractivity contribution < 1.29 is 19.0 Å². The number of carbonyl (C=O) groups excluding carboxylic acids is 1. The second-order valence-electron chi connectivity index (χ2n) is 5.27. The third-order valence-electron chi connectivity index (χ3n) is 3.53. The first-order valence-corrected chi connectivity index (χ1v) is 7.36. The average Bonchev–Trinajstić information content (AvgIpc) is 3.31. The van der Waals surface area contributed by atoms with Gasteiger partial charge in [0.1, 0.15) is 12.0 Å². The van der Waals surface area contributed by atoms with Crippen LogP contribution in [0, 0.1) is 0 Å². The first kappa shape index (κ1) is 15.1. The summed E-state index contributed by atoms with van der Waals surface area (Å²) in [4.78, 5) is 11.6. The lowest BCUT2D eigenvalue weighted by Gasteiger charge is -2.09. The third-order valence-corrected chi connectivity index (χ3v) is 3.53. The molecule has 0 N–H and O–H groups in total. The maximum absolute atomic E-state index is 11.6. The van der Waals surface area contributed by atoms with Gasteiger partial charge in [0.05, 0.1) is 25.6 Å². The van der Waals surface area contributed by atoms with Crippen LogP contribution in [0.1, 0.15) is 24.5 Å². The molecule has 1 aliphatic carbocycles. The number of nitrogens with zero attached hydrogens (tertiary/aromatic N) is 2. The summed E-state index contributed by atoms with van der Waals surface area (Å²) in [6.07, 6.45) is 5.56. The molecule has 6 nitrogen and oxygen atoms in total. The van der Waals surface area contributed by atoms with Gasteiger partial charge in [-0.2, -0.15) is 5.10 Å². The number of ether oxygens (including phenoxy) is 3. The van der Waals surface area contributed by atoms with Crippen LogP contribution in [0.15, 0.2) is 48.5 Å². The Kier molecular flexibility index (Phi) is 4.32. The maximum Gasteiger partial charge on any atom is 0.377 e. The third kappa shape index (κ3) is 3.53. The van der Waals surface area contributed by atoms with E-state index in [0.29, 0.717) is 11.7 Å². The van der Waals surface area contributed by atoms with Crippen LogP contribution < -0.4 is 4.74 Å². The van der Waals surface area contributed by atoms with Gasteiger partial charge in [0.15, 0.2) is 0 Å². The van der Waals surface area contributed by atoms with Crippen LogP contribution in [0.25, 0.3) is 5.69 Å². The minimum absolute atomic E-state index is 0.0220. The molecule has 6 heteroatoms. The first-order chi connectivity index (χ1) is 11.2. The monoisotopic (exact) mass is 314 g/mol. The van der Waals surface area contributed by atoms with Gasteiger partial charge < -0.3 is 14.2 Å². The molecule has 0 saturated heterocycles. The molecule has 0 unspecified atom stereocenters. The van der Waals surface area contributed by atoms with Gasteiger partial charge in [0, 0.05) is 18.2 Å². The quantitative estimate of drug-likeness (QED) is 0.466. The van der Waals surface area contributed by atoms with Crippen molar-refractivity contribution >= 4 is 5.97 Å². The molecule has 1 saturated carbocycles. The van der Waals surface area contributed by atoms with Crippen LogP contribution in [0.3, 0.4) is 0 Å². The van der Waals surface area contributed by atoms with Crippen LogP contribution in [0.5, 0.6) is 5.75 Å². The summed E-state index contributed by atoms with van der Waals surface area (Å²) in [7, 11) is 2.72. The average molecular weight is 314 g/mol. The fourth-order valence-electron chi connectivity index (χ4n) is 2.22. The zero-order valence-electron chi connectivity index (χ0n) is 13.1. The largest absolute Gasteiger partial charge is 0.500 e. The van der Waals surface area contributed by atoms with Gasteiger partial charge in [-0.15, -0.1) is 0 Å². The fraction of sp³-hybridized carbons (Fsp3) is 0.294. The van der Waals surface area contributed by atoms with E-state index >= 15 is 0 Å². The number of esters is 1. The molecule has 2 aromatic rings. The second-order valence-corrected chi connectivity index (χ2v) is 5.27. The smallest absolute Gasteiger partial charge is 0.377 e. The normalized spacial score (nSPS) is 14.4. The minimum atomic E-state index is -0.604. The van der Waals surface area contributed by atoms with Crippen molar-refractivity contribution in [2.75, 3.05) is 14.2 Å². The van der Waals surface area contributed by atoms with Crippen molar-refractivity contribution in [3.63, 3.8) is 0 Å². The Morgan fingerprint density at radius 3 is 2.83 bits per heavy atom. The highest BCUT2D eigenvalue weighted by Crippen LogP contribution is 2.39. The number of aromatic nitrogens is 2. The zero-order chi connectivity index (χ0) is 16.2. The van der Waals surface area contributed by atoms with Crippen LogP contribution in [0.4, 0.5) is 0 Å². The molecule has 120 valence electrons. The van der Waals surface area contributed by atoms with Gasteiger partial charge in [-0.05, 0) is 31.0 Å². The summed E-state index contributed by atoms with van der Waals surface area (Å²) in [6, 6.07) is 9.35. The Bertz CT molecular complexity index is 732. The molecule has 1 aromatic carbocycles. The van der Waals surface area contributed by atoms with Crippen molar-refractivity contribution in [1.82, 2.24) is 9.78 Å². The van der Waals surface area contributed by atoms with Crippen molar-refractivity contribution in [2.24, 2.45) is 0 Å². The van der Waals surface area contributed by atoms with Crippen LogP contribution in [0.2, 0.25) is 0 Å². The molecule has 1 aromatic heterocycles. The SMILES string of the molecule is CO/C=C(\Oc1cccc(-n2ccc(C3CC3)n2)c1)C(=O)OC. The Morgan fingerprint density at radius 1 is 1.30 bits per heavy atom. The molecule has 23 heavy (non-hydrogen) atoms. The second kappa shape index (κ2) is 6.56. The summed E-state index contributed by atoms with van der Waals surface area (Å²) in [5.41, 5.74) is 1.97. The van der Waals surface area contributed by atoms with Crippen molar-refractivity contribution in [3.05, 3.63) is 54.2 Å². The number of benzene rings is 1. The van der Waals surface area contributed by atoms with Crippen molar-refractivity contribution in [1.29, 1.82) is 0 Å². The first-order valence-electron chi connectivity index (χ1n) is 7.36. The summed E-state index contributed by atoms with van der Waals surface area (Å²) >= 11 is 0. The number of carbonyl (C=O) groups is 1. The summed E-state index contributed by atoms with van der Waals surface area (Å²) in [5, 5.41) is 4.58. The predicted octanol–water partition coefficient (Wildman–Crippen LogP) is 2.79. The molecule has 1 aliphatic rings. The number of rotatable bonds is 6. The molecule has 1 fully saturated rings. The molecule has 0 aliphatic heterocycles. The van der Waals surface area contributed by atoms with E-state index in [1.54, 1.807) is 16.8 Å². The number of methoxy groups -OCH3 is 2. The lowest BCUT2D eigenvalue weighted by atomic mass is 10.3. The van der Waals surface area contributed by atoms with Crippen LogP contribution >= 0.6 is 0 Å². The van der Waals surface area contributed by atoms with Gasteiger partial charge in [-0.1, -0.05) is 6.07 Å². The topological polar surface area (TPSA) is 62.6 Å². The Morgan fingerprint density at radius 2 is 2.13 bits per heavy atom. The Balaban J connectivity index is 1.81. The molecule has 0 radical (unpaired) electrons. The van der Waals surface area contributed by atoms with E-state index in [4.69, 9.17) is 9.47 Å². The Labute approximate surface area is 134 Å². The van der Waals surface area contributed by atoms with E-state index in [0.717, 1.165) is 11.4 Å². The summed E-state index contributed by atoms with van der Waals surface area (Å²) in [6.45, 7) is 0. The van der Waals surface area contributed by atoms with E-state index in [2.05, 4.69) is 9.84 Å². The summed E-state index contributed by atoms with van der Waals surface area (Å²) < 4.78 is 16.9.